The second-order valence-corrected chi connectivity index (χ2v) is 7.12. The topological polar surface area (TPSA) is 17.8 Å². The molecular formula is C26H26N2. The number of imidazole rings is 1. The van der Waals surface area contributed by atoms with E-state index in [-0.39, 0.29) is 0 Å². The molecule has 2 nitrogen and oxygen atoms in total. The molecule has 4 rings (SSSR count). The van der Waals surface area contributed by atoms with E-state index in [0.717, 1.165) is 17.8 Å². The van der Waals surface area contributed by atoms with Crippen molar-refractivity contribution in [2.24, 2.45) is 0 Å². The maximum Gasteiger partial charge on any atom is 0.144 e. The lowest BCUT2D eigenvalue weighted by Gasteiger charge is -2.18. The van der Waals surface area contributed by atoms with E-state index in [1.165, 1.54) is 41.6 Å². The van der Waals surface area contributed by atoms with E-state index in [1.54, 1.807) is 0 Å². The van der Waals surface area contributed by atoms with Gasteiger partial charge in [-0.3, -0.25) is 4.57 Å². The summed E-state index contributed by atoms with van der Waals surface area (Å²) in [7, 11) is 0. The molecule has 4 aromatic rings. The Labute approximate surface area is 167 Å². The molecule has 1 aromatic heterocycles. The molecule has 0 bridgehead atoms. The van der Waals surface area contributed by atoms with E-state index in [4.69, 9.17) is 4.98 Å². The van der Waals surface area contributed by atoms with Crippen molar-refractivity contribution in [3.05, 3.63) is 96.8 Å². The first-order chi connectivity index (χ1) is 13.9. The highest BCUT2D eigenvalue weighted by Crippen LogP contribution is 2.33. The number of rotatable bonds is 7. The second-order valence-electron chi connectivity index (χ2n) is 7.12. The average Bonchev–Trinajstić information content (AvgIpc) is 3.24. The van der Waals surface area contributed by atoms with Crippen LogP contribution in [0.25, 0.3) is 28.2 Å². The third-order valence-electron chi connectivity index (χ3n) is 5.17. The Kier molecular flexibility index (Phi) is 5.67. The van der Waals surface area contributed by atoms with Crippen LogP contribution in [-0.4, -0.2) is 9.55 Å². The average molecular weight is 367 g/mol. The smallest absolute Gasteiger partial charge is 0.144 e. The molecule has 0 saturated heterocycles. The van der Waals surface area contributed by atoms with Crippen molar-refractivity contribution in [3.63, 3.8) is 0 Å². The van der Waals surface area contributed by atoms with Gasteiger partial charge in [0.2, 0.25) is 0 Å². The van der Waals surface area contributed by atoms with Crippen LogP contribution >= 0.6 is 0 Å². The lowest BCUT2D eigenvalue weighted by atomic mass is 9.96. The van der Waals surface area contributed by atoms with E-state index in [2.05, 4.69) is 90.5 Å². The largest absolute Gasteiger partial charge is 0.299 e. The monoisotopic (exact) mass is 366 g/mol. The standard InChI is InChI=1S/C26H26N2/c1-2-3-6-14-22-17-11-18-24(21-12-7-4-8-13-21)25(22)28-20-19-27-26(28)23-15-9-5-10-16-23/h4-5,7-13,15-20H,2-3,6,14H2,1H3. The van der Waals surface area contributed by atoms with Crippen LogP contribution in [0.15, 0.2) is 91.3 Å². The number of nitrogens with zero attached hydrogens (tertiary/aromatic N) is 2. The fourth-order valence-electron chi connectivity index (χ4n) is 3.78. The van der Waals surface area contributed by atoms with Gasteiger partial charge in [-0.1, -0.05) is 98.6 Å². The van der Waals surface area contributed by atoms with Crippen molar-refractivity contribution in [3.8, 4) is 28.2 Å². The minimum atomic E-state index is 0.987. The van der Waals surface area contributed by atoms with Crippen LogP contribution in [0.2, 0.25) is 0 Å². The molecule has 0 fully saturated rings. The highest BCUT2D eigenvalue weighted by atomic mass is 15.1. The van der Waals surface area contributed by atoms with E-state index < -0.39 is 0 Å². The zero-order valence-corrected chi connectivity index (χ0v) is 16.4. The summed E-state index contributed by atoms with van der Waals surface area (Å²) in [5.74, 6) is 0.987. The molecular weight excluding hydrogens is 340 g/mol. The van der Waals surface area contributed by atoms with Crippen LogP contribution in [0.3, 0.4) is 0 Å². The second kappa shape index (κ2) is 8.71. The fourth-order valence-corrected chi connectivity index (χ4v) is 3.78. The van der Waals surface area contributed by atoms with Gasteiger partial charge in [0, 0.05) is 23.5 Å². The summed E-state index contributed by atoms with van der Waals surface area (Å²) in [6, 6.07) is 27.8. The maximum atomic E-state index is 4.70. The third-order valence-corrected chi connectivity index (χ3v) is 5.17. The van der Waals surface area contributed by atoms with Crippen molar-refractivity contribution in [2.75, 3.05) is 0 Å². The van der Waals surface area contributed by atoms with E-state index in [1.807, 2.05) is 12.3 Å². The quantitative estimate of drug-likeness (QED) is 0.324. The number of aryl methyl sites for hydroxylation is 1. The lowest BCUT2D eigenvalue weighted by Crippen LogP contribution is -2.04. The number of para-hydroxylation sites is 1. The molecule has 0 aliphatic rings. The minimum Gasteiger partial charge on any atom is -0.299 e. The summed E-state index contributed by atoms with van der Waals surface area (Å²) < 4.78 is 2.26. The highest BCUT2D eigenvalue weighted by Gasteiger charge is 2.16. The Bertz CT molecular complexity index is 1020. The molecule has 0 amide bonds. The van der Waals surface area contributed by atoms with Gasteiger partial charge in [0.25, 0.3) is 0 Å². The van der Waals surface area contributed by atoms with Crippen molar-refractivity contribution in [2.45, 2.75) is 32.6 Å². The Hall–Kier alpha value is -3.13. The van der Waals surface area contributed by atoms with Gasteiger partial charge in [0.05, 0.1) is 5.69 Å². The summed E-state index contributed by atoms with van der Waals surface area (Å²) in [6.45, 7) is 2.25. The number of hydrogen-bond donors (Lipinski definition) is 0. The first kappa shape index (κ1) is 18.2. The maximum absolute atomic E-state index is 4.70. The fraction of sp³-hybridized carbons (Fsp3) is 0.192. The van der Waals surface area contributed by atoms with Crippen LogP contribution in [0.1, 0.15) is 31.7 Å². The molecule has 0 atom stereocenters. The Morgan fingerprint density at radius 3 is 2.18 bits per heavy atom. The SMILES string of the molecule is CCCCCc1cccc(-c2ccccc2)c1-n1ccnc1-c1ccccc1. The van der Waals surface area contributed by atoms with Gasteiger partial charge >= 0.3 is 0 Å². The molecule has 0 N–H and O–H groups in total. The first-order valence-corrected chi connectivity index (χ1v) is 10.1. The Morgan fingerprint density at radius 1 is 0.750 bits per heavy atom. The van der Waals surface area contributed by atoms with Crippen LogP contribution in [0.5, 0.6) is 0 Å². The van der Waals surface area contributed by atoms with E-state index in [9.17, 15) is 0 Å². The molecule has 3 aromatic carbocycles. The molecule has 140 valence electrons. The summed E-state index contributed by atoms with van der Waals surface area (Å²) in [4.78, 5) is 4.70. The van der Waals surface area contributed by atoms with Gasteiger partial charge in [-0.25, -0.2) is 4.98 Å². The predicted octanol–water partition coefficient (Wildman–Crippen LogP) is 6.94. The predicted molar refractivity (Wildman–Crippen MR) is 118 cm³/mol. The minimum absolute atomic E-state index is 0.987. The molecule has 0 radical (unpaired) electrons. The highest BCUT2D eigenvalue weighted by molar-refractivity contribution is 5.77. The summed E-state index contributed by atoms with van der Waals surface area (Å²) >= 11 is 0. The first-order valence-electron chi connectivity index (χ1n) is 10.1. The molecule has 0 aliphatic heterocycles. The number of benzene rings is 3. The van der Waals surface area contributed by atoms with Crippen LogP contribution < -0.4 is 0 Å². The molecule has 0 aliphatic carbocycles. The summed E-state index contributed by atoms with van der Waals surface area (Å²) in [6.07, 6.45) is 8.76. The van der Waals surface area contributed by atoms with E-state index >= 15 is 0 Å². The summed E-state index contributed by atoms with van der Waals surface area (Å²) in [5.41, 5.74) is 6.26. The molecule has 0 unspecified atom stereocenters. The number of aromatic nitrogens is 2. The lowest BCUT2D eigenvalue weighted by molar-refractivity contribution is 0.715. The zero-order chi connectivity index (χ0) is 19.2. The molecule has 1 heterocycles. The van der Waals surface area contributed by atoms with Crippen LogP contribution in [0.4, 0.5) is 0 Å². The van der Waals surface area contributed by atoms with Gasteiger partial charge in [0.1, 0.15) is 5.82 Å². The van der Waals surface area contributed by atoms with Crippen molar-refractivity contribution >= 4 is 0 Å². The van der Waals surface area contributed by atoms with Gasteiger partial charge < -0.3 is 0 Å². The van der Waals surface area contributed by atoms with Crippen LogP contribution in [-0.2, 0) is 6.42 Å². The molecule has 2 heteroatoms. The molecule has 28 heavy (non-hydrogen) atoms. The Morgan fingerprint density at radius 2 is 1.46 bits per heavy atom. The number of unbranched alkanes of at least 4 members (excludes halogenated alkanes) is 2. The van der Waals surface area contributed by atoms with Gasteiger partial charge in [0.15, 0.2) is 0 Å². The normalized spacial score (nSPS) is 10.9. The van der Waals surface area contributed by atoms with Crippen molar-refractivity contribution in [1.82, 2.24) is 9.55 Å². The number of hydrogen-bond acceptors (Lipinski definition) is 1. The van der Waals surface area contributed by atoms with E-state index in [0.29, 0.717) is 0 Å². The molecule has 0 saturated carbocycles. The molecule has 0 spiro atoms. The van der Waals surface area contributed by atoms with Gasteiger partial charge in [-0.05, 0) is 24.0 Å². The van der Waals surface area contributed by atoms with Crippen molar-refractivity contribution < 1.29 is 0 Å². The Balaban J connectivity index is 1.89. The zero-order valence-electron chi connectivity index (χ0n) is 16.4. The van der Waals surface area contributed by atoms with Gasteiger partial charge in [-0.2, -0.15) is 0 Å². The van der Waals surface area contributed by atoms with Crippen LogP contribution in [0, 0.1) is 0 Å². The van der Waals surface area contributed by atoms with Crippen molar-refractivity contribution in [1.29, 1.82) is 0 Å². The summed E-state index contributed by atoms with van der Waals surface area (Å²) in [5, 5.41) is 0. The third kappa shape index (κ3) is 3.77. The van der Waals surface area contributed by atoms with Gasteiger partial charge in [-0.15, -0.1) is 0 Å².